The smallest absolute Gasteiger partial charge is 0.341 e. The topological polar surface area (TPSA) is 88.6 Å². The summed E-state index contributed by atoms with van der Waals surface area (Å²) in [5.74, 6) is -2.00. The van der Waals surface area contributed by atoms with Crippen LogP contribution in [0.15, 0.2) is 28.2 Å². The molecular weight excluding hydrogens is 397 g/mol. The number of anilines is 1. The molecule has 0 fully saturated rings. The van der Waals surface area contributed by atoms with Crippen LogP contribution in [0.4, 0.5) is 10.1 Å². The van der Waals surface area contributed by atoms with Crippen molar-refractivity contribution in [2.75, 3.05) is 18.0 Å². The zero-order valence-electron chi connectivity index (χ0n) is 16.6. The number of carbonyl (C=O) groups is 1. The fraction of sp³-hybridized carbons (Fsp3) is 0.429. The molecule has 1 atom stereocenters. The number of carboxylic acid groups (broad SMARTS) is 1. The number of hydrogen-bond donors (Lipinski definition) is 2. The van der Waals surface area contributed by atoms with E-state index in [2.05, 4.69) is 0 Å². The molecule has 0 spiro atoms. The highest BCUT2D eigenvalue weighted by atomic mass is 35.5. The van der Waals surface area contributed by atoms with Crippen molar-refractivity contribution in [1.29, 1.82) is 0 Å². The van der Waals surface area contributed by atoms with Gasteiger partial charge in [0, 0.05) is 30.9 Å². The molecule has 154 valence electrons. The molecule has 1 aliphatic carbocycles. The number of carboxylic acids is 1. The average Bonchev–Trinajstić information content (AvgIpc) is 3.16. The highest BCUT2D eigenvalue weighted by Gasteiger charge is 2.34. The van der Waals surface area contributed by atoms with Gasteiger partial charge in [0.2, 0.25) is 5.43 Å². The van der Waals surface area contributed by atoms with Gasteiger partial charge < -0.3 is 20.3 Å². The largest absolute Gasteiger partial charge is 0.477 e. The van der Waals surface area contributed by atoms with Crippen LogP contribution in [0, 0.1) is 5.82 Å². The van der Waals surface area contributed by atoms with Crippen LogP contribution < -0.4 is 16.1 Å². The molecule has 0 saturated heterocycles. The molecule has 1 aromatic heterocycles. The minimum absolute atomic E-state index is 0.0110. The van der Waals surface area contributed by atoms with Crippen molar-refractivity contribution in [2.24, 2.45) is 5.73 Å². The first-order valence-electron chi connectivity index (χ1n) is 9.53. The number of nitrogens with zero attached hydrogens (tertiary/aromatic N) is 2. The van der Waals surface area contributed by atoms with E-state index in [9.17, 15) is 14.7 Å². The van der Waals surface area contributed by atoms with Crippen molar-refractivity contribution in [3.8, 4) is 0 Å². The third-order valence-electron chi connectivity index (χ3n) is 5.83. The van der Waals surface area contributed by atoms with Crippen molar-refractivity contribution in [3.63, 3.8) is 0 Å². The predicted molar refractivity (Wildman–Crippen MR) is 112 cm³/mol. The molecule has 1 unspecified atom stereocenters. The Hall–Kier alpha value is -2.38. The summed E-state index contributed by atoms with van der Waals surface area (Å²) in [4.78, 5) is 26.1. The van der Waals surface area contributed by atoms with E-state index >= 15 is 4.39 Å². The zero-order valence-corrected chi connectivity index (χ0v) is 17.3. The number of benzene rings is 1. The Balaban J connectivity index is 1.97. The normalized spacial score (nSPS) is 19.4. The Morgan fingerprint density at radius 1 is 1.34 bits per heavy atom. The Morgan fingerprint density at radius 2 is 2.03 bits per heavy atom. The molecule has 0 amide bonds. The summed E-state index contributed by atoms with van der Waals surface area (Å²) in [6.45, 7) is 6.66. The van der Waals surface area contributed by atoms with Gasteiger partial charge in [-0.3, -0.25) is 4.79 Å². The molecule has 0 radical (unpaired) electrons. The fourth-order valence-corrected chi connectivity index (χ4v) is 4.76. The van der Waals surface area contributed by atoms with Gasteiger partial charge in [0.05, 0.1) is 21.6 Å². The zero-order chi connectivity index (χ0) is 21.2. The quantitative estimate of drug-likeness (QED) is 0.727. The molecule has 2 aliphatic rings. The van der Waals surface area contributed by atoms with Gasteiger partial charge >= 0.3 is 5.97 Å². The van der Waals surface area contributed by atoms with Gasteiger partial charge in [0.25, 0.3) is 0 Å². The molecule has 4 rings (SSSR count). The first-order chi connectivity index (χ1) is 13.5. The van der Waals surface area contributed by atoms with E-state index in [-0.39, 0.29) is 22.1 Å². The van der Waals surface area contributed by atoms with E-state index in [1.807, 2.05) is 25.7 Å². The predicted octanol–water partition coefficient (Wildman–Crippen LogP) is 3.48. The van der Waals surface area contributed by atoms with Crippen molar-refractivity contribution in [3.05, 3.63) is 50.0 Å². The molecule has 0 bridgehead atoms. The first kappa shape index (κ1) is 19.9. The molecule has 0 saturated carbocycles. The van der Waals surface area contributed by atoms with Gasteiger partial charge in [-0.1, -0.05) is 11.6 Å². The molecular formula is C21H23ClFN3O3. The van der Waals surface area contributed by atoms with Crippen LogP contribution in [0.2, 0.25) is 5.02 Å². The van der Waals surface area contributed by atoms with E-state index in [1.54, 1.807) is 4.57 Å². The maximum Gasteiger partial charge on any atom is 0.341 e. The lowest BCUT2D eigenvalue weighted by Crippen LogP contribution is -2.30. The second-order valence-corrected chi connectivity index (χ2v) is 9.14. The number of hydrogen-bond acceptors (Lipinski definition) is 4. The van der Waals surface area contributed by atoms with Crippen LogP contribution in [-0.4, -0.2) is 34.8 Å². The highest BCUT2D eigenvalue weighted by molar-refractivity contribution is 6.38. The summed E-state index contributed by atoms with van der Waals surface area (Å²) < 4.78 is 16.8. The lowest BCUT2D eigenvalue weighted by molar-refractivity contribution is 0.0694. The van der Waals surface area contributed by atoms with Crippen molar-refractivity contribution >= 4 is 34.2 Å². The van der Waals surface area contributed by atoms with Crippen LogP contribution in [0.1, 0.15) is 44.0 Å². The van der Waals surface area contributed by atoms with Crippen molar-refractivity contribution in [1.82, 2.24) is 4.57 Å². The van der Waals surface area contributed by atoms with E-state index in [1.165, 1.54) is 11.8 Å². The van der Waals surface area contributed by atoms with Gasteiger partial charge in [0.15, 0.2) is 0 Å². The summed E-state index contributed by atoms with van der Waals surface area (Å²) in [6, 6.07) is 1.10. The molecule has 29 heavy (non-hydrogen) atoms. The Bertz CT molecular complexity index is 1150. The number of aromatic carboxylic acids is 1. The Morgan fingerprint density at radius 3 is 2.62 bits per heavy atom. The minimum Gasteiger partial charge on any atom is -0.477 e. The number of nitrogens with two attached hydrogens (primary N) is 1. The van der Waals surface area contributed by atoms with E-state index in [0.717, 1.165) is 24.5 Å². The summed E-state index contributed by atoms with van der Waals surface area (Å²) in [5.41, 5.74) is 7.34. The summed E-state index contributed by atoms with van der Waals surface area (Å²) >= 11 is 6.70. The lowest BCUT2D eigenvalue weighted by atomic mass is 10.0. The van der Waals surface area contributed by atoms with Crippen LogP contribution in [-0.2, 0) is 5.54 Å². The summed E-state index contributed by atoms with van der Waals surface area (Å²) in [5, 5.41) is 9.50. The highest BCUT2D eigenvalue weighted by Crippen LogP contribution is 2.41. The second kappa shape index (κ2) is 6.57. The van der Waals surface area contributed by atoms with Gasteiger partial charge in [-0.15, -0.1) is 0 Å². The standard InChI is InChI=1S/C21H23ClFN3O3/c1-21(2,3)26-9-13(20(28)29)19(27)11-6-14(23)18(16(22)17(11)26)25-7-10-4-5-15(24)12(10)8-25/h6,9,15H,4-5,7-8,24H2,1-3H3,(H,28,29). The molecule has 1 aromatic carbocycles. The number of halogens is 2. The summed E-state index contributed by atoms with van der Waals surface area (Å²) in [6.07, 6.45) is 3.10. The van der Waals surface area contributed by atoms with Crippen molar-refractivity contribution < 1.29 is 14.3 Å². The van der Waals surface area contributed by atoms with E-state index < -0.39 is 28.3 Å². The monoisotopic (exact) mass is 419 g/mol. The number of fused-ring (bicyclic) bond motifs is 1. The fourth-order valence-electron chi connectivity index (χ4n) is 4.36. The molecule has 3 N–H and O–H groups in total. The third kappa shape index (κ3) is 3.04. The number of pyridine rings is 1. The van der Waals surface area contributed by atoms with E-state index in [4.69, 9.17) is 17.3 Å². The number of rotatable bonds is 2. The summed E-state index contributed by atoms with van der Waals surface area (Å²) in [7, 11) is 0. The lowest BCUT2D eigenvalue weighted by Gasteiger charge is -2.29. The number of aromatic nitrogens is 1. The van der Waals surface area contributed by atoms with Crippen LogP contribution >= 0.6 is 11.6 Å². The van der Waals surface area contributed by atoms with Crippen molar-refractivity contribution in [2.45, 2.75) is 45.2 Å². The molecule has 2 heterocycles. The third-order valence-corrected chi connectivity index (χ3v) is 6.19. The minimum atomic E-state index is -1.36. The Kier molecular flexibility index (Phi) is 4.51. The SMILES string of the molecule is CC(C)(C)n1cc(C(=O)O)c(=O)c2cc(F)c(N3CC4=C(C3)C(N)CC4)c(Cl)c21. The van der Waals surface area contributed by atoms with Gasteiger partial charge in [-0.05, 0) is 50.8 Å². The maximum atomic E-state index is 15.2. The van der Waals surface area contributed by atoms with Gasteiger partial charge in [-0.2, -0.15) is 0 Å². The molecule has 2 aromatic rings. The molecule has 1 aliphatic heterocycles. The molecule has 6 nitrogen and oxygen atoms in total. The Labute approximate surface area is 172 Å². The van der Waals surface area contributed by atoms with Crippen LogP contribution in [0.5, 0.6) is 0 Å². The molecule has 8 heteroatoms. The van der Waals surface area contributed by atoms with E-state index in [0.29, 0.717) is 18.6 Å². The van der Waals surface area contributed by atoms with Crippen LogP contribution in [0.25, 0.3) is 10.9 Å². The average molecular weight is 420 g/mol. The van der Waals surface area contributed by atoms with Crippen LogP contribution in [0.3, 0.4) is 0 Å². The first-order valence-corrected chi connectivity index (χ1v) is 9.91. The second-order valence-electron chi connectivity index (χ2n) is 8.77. The van der Waals surface area contributed by atoms with Gasteiger partial charge in [-0.25, -0.2) is 9.18 Å². The maximum absolute atomic E-state index is 15.2. The van der Waals surface area contributed by atoms with Gasteiger partial charge in [0.1, 0.15) is 11.4 Å².